The van der Waals surface area contributed by atoms with Gasteiger partial charge in [0, 0.05) is 30.9 Å². The number of amides is 1. The summed E-state index contributed by atoms with van der Waals surface area (Å²) >= 11 is 0. The molecule has 2 aliphatic rings. The van der Waals surface area contributed by atoms with Crippen LogP contribution in [0, 0.1) is 11.3 Å². The highest BCUT2D eigenvalue weighted by Crippen LogP contribution is 2.34. The Bertz CT molecular complexity index is 545. The van der Waals surface area contributed by atoms with E-state index in [0.717, 1.165) is 44.5 Å². The number of carbonyl (C=O) groups is 1. The summed E-state index contributed by atoms with van der Waals surface area (Å²) in [4.78, 5) is 14.7. The van der Waals surface area contributed by atoms with Crippen LogP contribution in [0.1, 0.15) is 49.5 Å². The number of rotatable bonds is 1. The van der Waals surface area contributed by atoms with E-state index in [-0.39, 0.29) is 11.3 Å². The van der Waals surface area contributed by atoms with Crippen molar-refractivity contribution in [3.05, 3.63) is 29.3 Å². The molecule has 0 radical (unpaired) electrons. The van der Waals surface area contributed by atoms with Gasteiger partial charge in [0.25, 0.3) is 5.91 Å². The van der Waals surface area contributed by atoms with Crippen molar-refractivity contribution >= 4 is 11.6 Å². The molecule has 0 saturated carbocycles. The zero-order chi connectivity index (χ0) is 15.0. The van der Waals surface area contributed by atoms with Gasteiger partial charge in [-0.2, -0.15) is 0 Å². The molecule has 1 aromatic rings. The molecule has 1 unspecified atom stereocenters. The number of nitrogens with one attached hydrogen (secondary N) is 1. The van der Waals surface area contributed by atoms with Gasteiger partial charge in [0.2, 0.25) is 0 Å². The van der Waals surface area contributed by atoms with Crippen LogP contribution in [0.3, 0.4) is 0 Å². The maximum absolute atomic E-state index is 12.7. The van der Waals surface area contributed by atoms with Crippen LogP contribution in [0.4, 0.5) is 5.69 Å². The lowest BCUT2D eigenvalue weighted by molar-refractivity contribution is 0.0776. The van der Waals surface area contributed by atoms with Crippen LogP contribution in [0.25, 0.3) is 0 Å². The van der Waals surface area contributed by atoms with Crippen molar-refractivity contribution in [3.8, 4) is 0 Å². The highest BCUT2D eigenvalue weighted by Gasteiger charge is 2.34. The zero-order valence-corrected chi connectivity index (χ0v) is 13.4. The number of hydrogen-bond acceptors (Lipinski definition) is 2. The molecular weight excluding hydrogens is 260 g/mol. The van der Waals surface area contributed by atoms with Crippen molar-refractivity contribution in [1.82, 2.24) is 4.90 Å². The topological polar surface area (TPSA) is 32.3 Å². The third-order valence-corrected chi connectivity index (χ3v) is 4.99. The SMILES string of the molecule is CC(C)(C)C1CCN(C(=O)c2ccc3c(c2)CCCN3)C1. The molecule has 1 N–H and O–H groups in total. The summed E-state index contributed by atoms with van der Waals surface area (Å²) in [5.74, 6) is 0.816. The zero-order valence-electron chi connectivity index (χ0n) is 13.4. The molecule has 21 heavy (non-hydrogen) atoms. The third kappa shape index (κ3) is 2.92. The van der Waals surface area contributed by atoms with Crippen molar-refractivity contribution in [2.45, 2.75) is 40.0 Å². The Kier molecular flexibility index (Phi) is 3.68. The van der Waals surface area contributed by atoms with Gasteiger partial charge < -0.3 is 10.2 Å². The lowest BCUT2D eigenvalue weighted by Crippen LogP contribution is -2.31. The summed E-state index contributed by atoms with van der Waals surface area (Å²) < 4.78 is 0. The smallest absolute Gasteiger partial charge is 0.253 e. The predicted octanol–water partition coefficient (Wildman–Crippen LogP) is 3.55. The van der Waals surface area contributed by atoms with Crippen molar-refractivity contribution in [2.24, 2.45) is 11.3 Å². The van der Waals surface area contributed by atoms with Gasteiger partial charge in [-0.1, -0.05) is 20.8 Å². The molecule has 0 bridgehead atoms. The van der Waals surface area contributed by atoms with Crippen LogP contribution in [-0.4, -0.2) is 30.4 Å². The molecule has 0 aromatic heterocycles. The fourth-order valence-corrected chi connectivity index (χ4v) is 3.44. The van der Waals surface area contributed by atoms with E-state index >= 15 is 0 Å². The van der Waals surface area contributed by atoms with Gasteiger partial charge in [0.05, 0.1) is 0 Å². The summed E-state index contributed by atoms with van der Waals surface area (Å²) in [7, 11) is 0. The molecule has 114 valence electrons. The summed E-state index contributed by atoms with van der Waals surface area (Å²) in [5.41, 5.74) is 3.63. The molecule has 3 heteroatoms. The van der Waals surface area contributed by atoms with Gasteiger partial charge in [-0.25, -0.2) is 0 Å². The number of benzene rings is 1. The van der Waals surface area contributed by atoms with E-state index in [1.165, 1.54) is 11.3 Å². The monoisotopic (exact) mass is 286 g/mol. The highest BCUT2D eigenvalue weighted by atomic mass is 16.2. The number of aryl methyl sites for hydroxylation is 1. The van der Waals surface area contributed by atoms with E-state index in [4.69, 9.17) is 0 Å². The molecule has 1 saturated heterocycles. The first-order chi connectivity index (χ1) is 9.95. The molecule has 0 spiro atoms. The van der Waals surface area contributed by atoms with E-state index in [1.807, 2.05) is 11.0 Å². The first-order valence-corrected chi connectivity index (χ1v) is 8.11. The maximum Gasteiger partial charge on any atom is 0.253 e. The van der Waals surface area contributed by atoms with Gasteiger partial charge in [0.15, 0.2) is 0 Å². The summed E-state index contributed by atoms with van der Waals surface area (Å²) in [6.45, 7) is 9.66. The third-order valence-electron chi connectivity index (χ3n) is 4.99. The lowest BCUT2D eigenvalue weighted by Gasteiger charge is -2.27. The summed E-state index contributed by atoms with van der Waals surface area (Å²) in [6.07, 6.45) is 3.36. The minimum absolute atomic E-state index is 0.204. The van der Waals surface area contributed by atoms with E-state index in [9.17, 15) is 4.79 Å². The Morgan fingerprint density at radius 3 is 2.86 bits per heavy atom. The molecule has 3 rings (SSSR count). The van der Waals surface area contributed by atoms with Gasteiger partial charge in [-0.15, -0.1) is 0 Å². The Balaban J connectivity index is 1.74. The summed E-state index contributed by atoms with van der Waals surface area (Å²) in [5, 5.41) is 3.40. The second kappa shape index (κ2) is 5.36. The first kappa shape index (κ1) is 14.4. The molecule has 1 fully saturated rings. The van der Waals surface area contributed by atoms with Crippen LogP contribution in [0.5, 0.6) is 0 Å². The van der Waals surface area contributed by atoms with Gasteiger partial charge in [-0.3, -0.25) is 4.79 Å². The van der Waals surface area contributed by atoms with E-state index in [0.29, 0.717) is 5.92 Å². The fourth-order valence-electron chi connectivity index (χ4n) is 3.44. The van der Waals surface area contributed by atoms with Crippen molar-refractivity contribution < 1.29 is 4.79 Å². The Morgan fingerprint density at radius 2 is 2.14 bits per heavy atom. The minimum atomic E-state index is 0.204. The number of nitrogens with zero attached hydrogens (tertiary/aromatic N) is 1. The number of likely N-dealkylation sites (tertiary alicyclic amines) is 1. The standard InChI is InChI=1S/C18H26N2O/c1-18(2,3)15-8-10-20(12-15)17(21)14-6-7-16-13(11-14)5-4-9-19-16/h6-7,11,15,19H,4-5,8-10,12H2,1-3H3. The van der Waals surface area contributed by atoms with Crippen LogP contribution >= 0.6 is 0 Å². The maximum atomic E-state index is 12.7. The largest absolute Gasteiger partial charge is 0.385 e. The minimum Gasteiger partial charge on any atom is -0.385 e. The van der Waals surface area contributed by atoms with Crippen LogP contribution < -0.4 is 5.32 Å². The first-order valence-electron chi connectivity index (χ1n) is 8.11. The Labute approximate surface area is 127 Å². The van der Waals surface area contributed by atoms with Crippen molar-refractivity contribution in [2.75, 3.05) is 25.0 Å². The molecule has 1 aromatic carbocycles. The molecule has 2 aliphatic heterocycles. The molecule has 2 heterocycles. The van der Waals surface area contributed by atoms with Crippen molar-refractivity contribution in [3.63, 3.8) is 0 Å². The quantitative estimate of drug-likeness (QED) is 0.856. The Morgan fingerprint density at radius 1 is 1.33 bits per heavy atom. The lowest BCUT2D eigenvalue weighted by atomic mass is 9.80. The fraction of sp³-hybridized carbons (Fsp3) is 0.611. The van der Waals surface area contributed by atoms with Gasteiger partial charge in [0.1, 0.15) is 0 Å². The predicted molar refractivity (Wildman–Crippen MR) is 86.7 cm³/mol. The molecule has 0 aliphatic carbocycles. The van der Waals surface area contributed by atoms with Gasteiger partial charge >= 0.3 is 0 Å². The summed E-state index contributed by atoms with van der Waals surface area (Å²) in [6, 6.07) is 6.14. The molecule has 3 nitrogen and oxygen atoms in total. The number of hydrogen-bond donors (Lipinski definition) is 1. The van der Waals surface area contributed by atoms with Crippen LogP contribution in [-0.2, 0) is 6.42 Å². The second-order valence-electron chi connectivity index (χ2n) is 7.51. The highest BCUT2D eigenvalue weighted by molar-refractivity contribution is 5.95. The number of anilines is 1. The normalized spacial score (nSPS) is 21.9. The average Bonchev–Trinajstić information content (AvgIpc) is 2.96. The molecule has 1 atom stereocenters. The number of carbonyl (C=O) groups excluding carboxylic acids is 1. The second-order valence-corrected chi connectivity index (χ2v) is 7.51. The van der Waals surface area contributed by atoms with E-state index in [1.54, 1.807) is 0 Å². The van der Waals surface area contributed by atoms with E-state index < -0.39 is 0 Å². The van der Waals surface area contributed by atoms with E-state index in [2.05, 4.69) is 38.2 Å². The van der Waals surface area contributed by atoms with Gasteiger partial charge in [-0.05, 0) is 54.4 Å². The Hall–Kier alpha value is -1.51. The average molecular weight is 286 g/mol. The van der Waals surface area contributed by atoms with Crippen LogP contribution in [0.15, 0.2) is 18.2 Å². The number of fused-ring (bicyclic) bond motifs is 1. The van der Waals surface area contributed by atoms with Crippen LogP contribution in [0.2, 0.25) is 0 Å². The molecular formula is C18H26N2O. The molecule has 1 amide bonds. The van der Waals surface area contributed by atoms with Crippen molar-refractivity contribution in [1.29, 1.82) is 0 Å².